The number of anilines is 2. The maximum Gasteiger partial charge on any atom is 0.338 e. The highest BCUT2D eigenvalue weighted by molar-refractivity contribution is 6.02. The van der Waals surface area contributed by atoms with Crippen LogP contribution in [0.5, 0.6) is 0 Å². The molecular weight excluding hydrogens is 392 g/mol. The van der Waals surface area contributed by atoms with Gasteiger partial charge in [0.05, 0.1) is 5.56 Å². The van der Waals surface area contributed by atoms with Crippen LogP contribution >= 0.6 is 0 Å². The second-order valence-electron chi connectivity index (χ2n) is 6.77. The average molecular weight is 414 g/mol. The lowest BCUT2D eigenvalue weighted by Gasteiger charge is -2.07. The summed E-state index contributed by atoms with van der Waals surface area (Å²) in [6, 6.07) is 23.1. The number of amides is 2. The predicted octanol–water partition coefficient (Wildman–Crippen LogP) is 4.65. The van der Waals surface area contributed by atoms with Crippen LogP contribution in [0.15, 0.2) is 84.9 Å². The molecule has 0 saturated carbocycles. The number of nitrogens with one attached hydrogen (secondary N) is 2. The fourth-order valence-corrected chi connectivity index (χ4v) is 2.77. The van der Waals surface area contributed by atoms with Gasteiger partial charge in [-0.2, -0.15) is 0 Å². The second-order valence-corrected chi connectivity index (χ2v) is 6.77. The molecule has 0 aliphatic rings. The molecule has 31 heavy (non-hydrogen) atoms. The van der Waals surface area contributed by atoms with Gasteiger partial charge in [-0.25, -0.2) is 4.79 Å². The first kappa shape index (κ1) is 21.5. The van der Waals surface area contributed by atoms with E-state index in [-0.39, 0.29) is 18.4 Å². The van der Waals surface area contributed by atoms with Gasteiger partial charge in [0, 0.05) is 24.4 Å². The highest BCUT2D eigenvalue weighted by Gasteiger charge is 2.09. The number of carbonyl (C=O) groups is 3. The van der Waals surface area contributed by atoms with Crippen molar-refractivity contribution in [2.45, 2.75) is 13.5 Å². The Morgan fingerprint density at radius 2 is 1.58 bits per heavy atom. The van der Waals surface area contributed by atoms with Gasteiger partial charge in [-0.15, -0.1) is 0 Å². The van der Waals surface area contributed by atoms with Crippen molar-refractivity contribution < 1.29 is 19.1 Å². The summed E-state index contributed by atoms with van der Waals surface area (Å²) in [6.45, 7) is 1.62. The number of benzene rings is 3. The molecule has 0 radical (unpaired) electrons. The van der Waals surface area contributed by atoms with Gasteiger partial charge in [0.2, 0.25) is 11.8 Å². The van der Waals surface area contributed by atoms with Crippen molar-refractivity contribution in [3.63, 3.8) is 0 Å². The molecule has 0 aromatic heterocycles. The number of esters is 1. The Bertz CT molecular complexity index is 1090. The lowest BCUT2D eigenvalue weighted by atomic mass is 10.2. The van der Waals surface area contributed by atoms with E-state index in [1.54, 1.807) is 54.6 Å². The van der Waals surface area contributed by atoms with Crippen molar-refractivity contribution in [2.24, 2.45) is 0 Å². The first-order chi connectivity index (χ1) is 15.0. The molecule has 0 spiro atoms. The smallest absolute Gasteiger partial charge is 0.338 e. The summed E-state index contributed by atoms with van der Waals surface area (Å²) in [4.78, 5) is 35.6. The summed E-state index contributed by atoms with van der Waals surface area (Å²) in [5, 5.41) is 5.41. The molecule has 3 rings (SSSR count). The molecule has 2 N–H and O–H groups in total. The van der Waals surface area contributed by atoms with E-state index in [0.29, 0.717) is 16.9 Å². The molecular formula is C25H22N2O4. The van der Waals surface area contributed by atoms with E-state index < -0.39 is 5.97 Å². The van der Waals surface area contributed by atoms with Crippen molar-refractivity contribution in [1.29, 1.82) is 0 Å². The Morgan fingerprint density at radius 1 is 0.839 bits per heavy atom. The molecule has 0 bridgehead atoms. The highest BCUT2D eigenvalue weighted by Crippen LogP contribution is 2.14. The van der Waals surface area contributed by atoms with Gasteiger partial charge in [0.1, 0.15) is 6.61 Å². The zero-order valence-electron chi connectivity index (χ0n) is 17.0. The molecule has 0 aliphatic heterocycles. The molecule has 156 valence electrons. The van der Waals surface area contributed by atoms with Gasteiger partial charge in [-0.1, -0.05) is 48.5 Å². The van der Waals surface area contributed by atoms with E-state index in [0.717, 1.165) is 11.1 Å². The molecule has 0 atom stereocenters. The summed E-state index contributed by atoms with van der Waals surface area (Å²) in [7, 11) is 0. The fraction of sp³-hybridized carbons (Fsp3) is 0.0800. The van der Waals surface area contributed by atoms with E-state index in [1.165, 1.54) is 13.0 Å². The largest absolute Gasteiger partial charge is 0.457 e. The summed E-state index contributed by atoms with van der Waals surface area (Å²) in [5.41, 5.74) is 3.24. The summed E-state index contributed by atoms with van der Waals surface area (Å²) in [5.74, 6) is -0.940. The minimum absolute atomic E-state index is 0.145. The standard InChI is InChI=1S/C25H22N2O4/c1-18(28)26-22-13-10-19(11-14-22)12-15-24(29)27-23-9-5-8-21(16-23)25(30)31-17-20-6-3-2-4-7-20/h2-16H,17H2,1H3,(H,26,28)(H,27,29)/b15-12+. The normalized spacial score (nSPS) is 10.5. The van der Waals surface area contributed by atoms with Crippen molar-refractivity contribution in [1.82, 2.24) is 0 Å². The van der Waals surface area contributed by atoms with Crippen LogP contribution < -0.4 is 10.6 Å². The Kier molecular flexibility index (Phi) is 7.32. The number of hydrogen-bond acceptors (Lipinski definition) is 4. The molecule has 3 aromatic rings. The van der Waals surface area contributed by atoms with Crippen LogP contribution in [0.1, 0.15) is 28.4 Å². The third kappa shape index (κ3) is 6.97. The molecule has 6 nitrogen and oxygen atoms in total. The van der Waals surface area contributed by atoms with Crippen molar-refractivity contribution in [3.8, 4) is 0 Å². The third-order valence-electron chi connectivity index (χ3n) is 4.24. The van der Waals surface area contributed by atoms with Crippen molar-refractivity contribution >= 4 is 35.2 Å². The van der Waals surface area contributed by atoms with Gasteiger partial charge in [0.15, 0.2) is 0 Å². The van der Waals surface area contributed by atoms with Crippen LogP contribution in [0.3, 0.4) is 0 Å². The zero-order chi connectivity index (χ0) is 22.1. The van der Waals surface area contributed by atoms with Gasteiger partial charge in [-0.05, 0) is 47.5 Å². The zero-order valence-corrected chi connectivity index (χ0v) is 17.0. The van der Waals surface area contributed by atoms with E-state index >= 15 is 0 Å². The molecule has 0 fully saturated rings. The second kappa shape index (κ2) is 10.5. The maximum atomic E-state index is 12.3. The molecule has 3 aromatic carbocycles. The third-order valence-corrected chi connectivity index (χ3v) is 4.24. The minimum atomic E-state index is -0.463. The summed E-state index contributed by atoms with van der Waals surface area (Å²) in [6.07, 6.45) is 3.05. The average Bonchev–Trinajstić information content (AvgIpc) is 2.77. The molecule has 6 heteroatoms. The van der Waals surface area contributed by atoms with E-state index in [1.807, 2.05) is 30.3 Å². The van der Waals surface area contributed by atoms with Crippen LogP contribution in [0.25, 0.3) is 6.08 Å². The first-order valence-corrected chi connectivity index (χ1v) is 9.67. The van der Waals surface area contributed by atoms with Crippen molar-refractivity contribution in [3.05, 3.63) is 102 Å². The number of carbonyl (C=O) groups excluding carboxylic acids is 3. The van der Waals surface area contributed by atoms with Crippen LogP contribution in [0.4, 0.5) is 11.4 Å². The number of rotatable bonds is 7. The van der Waals surface area contributed by atoms with E-state index in [2.05, 4.69) is 10.6 Å². The lowest BCUT2D eigenvalue weighted by Crippen LogP contribution is -2.10. The first-order valence-electron chi connectivity index (χ1n) is 9.67. The molecule has 0 aliphatic carbocycles. The van der Waals surface area contributed by atoms with Gasteiger partial charge >= 0.3 is 5.97 Å². The van der Waals surface area contributed by atoms with Gasteiger partial charge in [0.25, 0.3) is 0 Å². The number of hydrogen-bond donors (Lipinski definition) is 2. The van der Waals surface area contributed by atoms with Crippen LogP contribution in [-0.4, -0.2) is 17.8 Å². The molecule has 0 saturated heterocycles. The molecule has 0 unspecified atom stereocenters. The fourth-order valence-electron chi connectivity index (χ4n) is 2.77. The lowest BCUT2D eigenvalue weighted by molar-refractivity contribution is -0.114. The summed E-state index contributed by atoms with van der Waals surface area (Å²) < 4.78 is 5.32. The van der Waals surface area contributed by atoms with E-state index in [9.17, 15) is 14.4 Å². The van der Waals surface area contributed by atoms with Gasteiger partial charge < -0.3 is 15.4 Å². The topological polar surface area (TPSA) is 84.5 Å². The minimum Gasteiger partial charge on any atom is -0.457 e. The summed E-state index contributed by atoms with van der Waals surface area (Å²) >= 11 is 0. The quantitative estimate of drug-likeness (QED) is 0.435. The van der Waals surface area contributed by atoms with Crippen LogP contribution in [0, 0.1) is 0 Å². The molecule has 0 heterocycles. The maximum absolute atomic E-state index is 12.3. The van der Waals surface area contributed by atoms with E-state index in [4.69, 9.17) is 4.74 Å². The van der Waals surface area contributed by atoms with Crippen LogP contribution in [0.2, 0.25) is 0 Å². The molecule has 2 amide bonds. The Morgan fingerprint density at radius 3 is 2.29 bits per heavy atom. The predicted molar refractivity (Wildman–Crippen MR) is 120 cm³/mol. The van der Waals surface area contributed by atoms with Gasteiger partial charge in [-0.3, -0.25) is 9.59 Å². The monoisotopic (exact) mass is 414 g/mol. The van der Waals surface area contributed by atoms with Crippen molar-refractivity contribution in [2.75, 3.05) is 10.6 Å². The number of ether oxygens (including phenoxy) is 1. The van der Waals surface area contributed by atoms with Crippen LogP contribution in [-0.2, 0) is 20.9 Å². The Labute approximate surface area is 180 Å². The Balaban J connectivity index is 1.55. The Hall–Kier alpha value is -4.19. The SMILES string of the molecule is CC(=O)Nc1ccc(/C=C/C(=O)Nc2cccc(C(=O)OCc3ccccc3)c2)cc1. The highest BCUT2D eigenvalue weighted by atomic mass is 16.5.